The van der Waals surface area contributed by atoms with Crippen LogP contribution in [0.4, 0.5) is 0 Å². The van der Waals surface area contributed by atoms with Crippen molar-refractivity contribution >= 4 is 0 Å². The summed E-state index contributed by atoms with van der Waals surface area (Å²) < 4.78 is 0. The van der Waals surface area contributed by atoms with Crippen LogP contribution in [0.1, 0.15) is 0 Å². The van der Waals surface area contributed by atoms with Crippen LogP contribution < -0.4 is 0 Å². The zero-order chi connectivity index (χ0) is 6.57. The maximum absolute atomic E-state index is 8.54. The average Bonchev–Trinajstić information content (AvgIpc) is 1.84. The van der Waals surface area contributed by atoms with E-state index < -0.39 is 18.8 Å². The van der Waals surface area contributed by atoms with Gasteiger partial charge in [0.15, 0.2) is 0 Å². The molecule has 0 unspecified atom stereocenters. The van der Waals surface area contributed by atoms with E-state index in [0.29, 0.717) is 0 Å². The van der Waals surface area contributed by atoms with Crippen molar-refractivity contribution in [2.75, 3.05) is 6.61 Å². The average molecular weight is 206 g/mol. The second-order valence-electron chi connectivity index (χ2n) is 1.43. The smallest absolute Gasteiger partial charge is 0.104 e. The second kappa shape index (κ2) is 6.84. The molecule has 0 amide bonds. The minimum absolute atomic E-state index is 0. The molecule has 0 aromatic carbocycles. The number of aliphatic hydroxyl groups is 3. The van der Waals surface area contributed by atoms with Gasteiger partial charge in [0.2, 0.25) is 0 Å². The first kappa shape index (κ1) is 12.4. The van der Waals surface area contributed by atoms with Gasteiger partial charge in [-0.15, -0.1) is 0 Å². The summed E-state index contributed by atoms with van der Waals surface area (Å²) in [7, 11) is 0. The molecule has 0 rings (SSSR count). The number of hydrogen-bond acceptors (Lipinski definition) is 3. The van der Waals surface area contributed by atoms with Crippen LogP contribution in [0.2, 0.25) is 0 Å². The predicted molar refractivity (Wildman–Crippen MR) is 28.0 cm³/mol. The Morgan fingerprint density at radius 1 is 1.44 bits per heavy atom. The summed E-state index contributed by atoms with van der Waals surface area (Å²) in [4.78, 5) is 0. The van der Waals surface area contributed by atoms with E-state index >= 15 is 0 Å². The van der Waals surface area contributed by atoms with Crippen LogP contribution in [-0.4, -0.2) is 34.1 Å². The van der Waals surface area contributed by atoms with E-state index in [1.807, 2.05) is 0 Å². The van der Waals surface area contributed by atoms with E-state index in [1.165, 1.54) is 0 Å². The van der Waals surface area contributed by atoms with Crippen molar-refractivity contribution in [3.8, 4) is 0 Å². The van der Waals surface area contributed by atoms with Gasteiger partial charge in [0.25, 0.3) is 0 Å². The van der Waals surface area contributed by atoms with E-state index in [1.54, 1.807) is 0 Å². The van der Waals surface area contributed by atoms with Gasteiger partial charge in [-0.1, -0.05) is 0 Å². The molecule has 1 radical (unpaired) electrons. The molecule has 0 heterocycles. The molecule has 0 aromatic heterocycles. The summed E-state index contributed by atoms with van der Waals surface area (Å²) in [5.41, 5.74) is 0. The van der Waals surface area contributed by atoms with Crippen LogP contribution in [0.25, 0.3) is 0 Å². The molecule has 51 valence electrons. The summed E-state index contributed by atoms with van der Waals surface area (Å²) >= 11 is 0. The molecule has 0 saturated heterocycles. The summed E-state index contributed by atoms with van der Waals surface area (Å²) in [6.07, 6.45) is -1.36. The SMILES string of the molecule is [CH-]=C[C@H](O)[C@H](O)CO.[Y]. The third kappa shape index (κ3) is 5.18. The van der Waals surface area contributed by atoms with Gasteiger partial charge in [0.05, 0.1) is 12.7 Å². The minimum Gasteiger partial charge on any atom is -0.515 e. The van der Waals surface area contributed by atoms with E-state index in [9.17, 15) is 0 Å². The zero-order valence-corrected chi connectivity index (χ0v) is 7.77. The maximum Gasteiger partial charge on any atom is 0.104 e. The van der Waals surface area contributed by atoms with Gasteiger partial charge >= 0.3 is 0 Å². The van der Waals surface area contributed by atoms with Crippen molar-refractivity contribution in [3.63, 3.8) is 0 Å². The Hall–Kier alpha value is 0.724. The Kier molecular flexibility index (Phi) is 9.43. The van der Waals surface area contributed by atoms with Gasteiger partial charge in [-0.05, 0) is 0 Å². The Morgan fingerprint density at radius 2 is 1.89 bits per heavy atom. The molecule has 0 aromatic rings. The van der Waals surface area contributed by atoms with Crippen LogP contribution in [0.15, 0.2) is 6.08 Å². The van der Waals surface area contributed by atoms with Crippen molar-refractivity contribution < 1.29 is 48.0 Å². The van der Waals surface area contributed by atoms with Gasteiger partial charge in [0.1, 0.15) is 6.10 Å². The number of hydrogen-bond donors (Lipinski definition) is 3. The molecule has 3 nitrogen and oxygen atoms in total. The van der Waals surface area contributed by atoms with Crippen LogP contribution in [-0.2, 0) is 32.7 Å². The largest absolute Gasteiger partial charge is 0.515 e. The van der Waals surface area contributed by atoms with Gasteiger partial charge in [-0.25, -0.2) is 6.08 Å². The Bertz CT molecular complexity index is 76.6. The first-order valence-corrected chi connectivity index (χ1v) is 2.24. The summed E-state index contributed by atoms with van der Waals surface area (Å²) in [6, 6.07) is 0. The topological polar surface area (TPSA) is 60.7 Å². The molecule has 3 N–H and O–H groups in total. The van der Waals surface area contributed by atoms with E-state index in [-0.39, 0.29) is 32.7 Å². The third-order valence-corrected chi connectivity index (χ3v) is 0.778. The minimum atomic E-state index is -1.15. The van der Waals surface area contributed by atoms with Gasteiger partial charge in [-0.3, -0.25) is 0 Å². The van der Waals surface area contributed by atoms with E-state index in [4.69, 9.17) is 21.9 Å². The Morgan fingerprint density at radius 3 is 2.00 bits per heavy atom. The zero-order valence-electron chi connectivity index (χ0n) is 4.94. The number of aliphatic hydroxyl groups excluding tert-OH is 3. The molecule has 0 bridgehead atoms. The Balaban J connectivity index is 0. The molecule has 9 heavy (non-hydrogen) atoms. The Labute approximate surface area is 79.3 Å². The molecular formula is C5H9O3Y-. The second-order valence-corrected chi connectivity index (χ2v) is 1.43. The fourth-order valence-electron chi connectivity index (χ4n) is 0.236. The quantitative estimate of drug-likeness (QED) is 0.502. The van der Waals surface area contributed by atoms with Gasteiger partial charge in [-0.2, -0.15) is 0 Å². The van der Waals surface area contributed by atoms with Crippen LogP contribution >= 0.6 is 0 Å². The molecule has 4 heteroatoms. The van der Waals surface area contributed by atoms with Crippen molar-refractivity contribution in [1.29, 1.82) is 0 Å². The van der Waals surface area contributed by atoms with Crippen molar-refractivity contribution in [2.24, 2.45) is 0 Å². The molecule has 0 aliphatic carbocycles. The summed E-state index contributed by atoms with van der Waals surface area (Å²) in [5, 5.41) is 25.2. The molecule has 0 saturated carbocycles. The van der Waals surface area contributed by atoms with Crippen LogP contribution in [0.3, 0.4) is 0 Å². The molecular weight excluding hydrogens is 197 g/mol. The van der Waals surface area contributed by atoms with Gasteiger partial charge in [0, 0.05) is 32.7 Å². The monoisotopic (exact) mass is 206 g/mol. The fourth-order valence-corrected chi connectivity index (χ4v) is 0.236. The van der Waals surface area contributed by atoms with Crippen molar-refractivity contribution in [1.82, 2.24) is 0 Å². The molecule has 0 aliphatic heterocycles. The standard InChI is InChI=1S/C5H9O3.Y/c1-2-4(7)5(8)3-6;/h1-2,4-8H,3H2;/q-1;/t4-,5+;/m0./s1. The third-order valence-electron chi connectivity index (χ3n) is 0.778. The van der Waals surface area contributed by atoms with Gasteiger partial charge < -0.3 is 21.9 Å². The van der Waals surface area contributed by atoms with Crippen molar-refractivity contribution in [2.45, 2.75) is 12.2 Å². The maximum atomic E-state index is 8.54. The van der Waals surface area contributed by atoms with E-state index in [0.717, 1.165) is 6.08 Å². The first-order valence-electron chi connectivity index (χ1n) is 2.24. The first-order chi connectivity index (χ1) is 3.72. The summed E-state index contributed by atoms with van der Waals surface area (Å²) in [5.74, 6) is 0. The fraction of sp³-hybridized carbons (Fsp3) is 0.600. The van der Waals surface area contributed by atoms with Crippen LogP contribution in [0.5, 0.6) is 0 Å². The molecule has 0 fully saturated rings. The molecule has 0 aliphatic rings. The molecule has 0 spiro atoms. The normalized spacial score (nSPS) is 15.4. The van der Waals surface area contributed by atoms with Crippen molar-refractivity contribution in [3.05, 3.63) is 12.7 Å². The molecule has 2 atom stereocenters. The summed E-state index contributed by atoms with van der Waals surface area (Å²) in [6.45, 7) is 4.33. The van der Waals surface area contributed by atoms with Crippen LogP contribution in [0, 0.1) is 6.58 Å². The number of rotatable bonds is 3. The predicted octanol–water partition coefficient (Wildman–Crippen LogP) is -1.31. The van der Waals surface area contributed by atoms with E-state index in [2.05, 4.69) is 0 Å².